The second-order valence-electron chi connectivity index (χ2n) is 8.92. The van der Waals surface area contributed by atoms with E-state index < -0.39 is 0 Å². The van der Waals surface area contributed by atoms with Crippen molar-refractivity contribution >= 4 is 17.9 Å². The molecule has 2 aromatic rings. The van der Waals surface area contributed by atoms with E-state index in [4.69, 9.17) is 9.47 Å². The first-order valence-electron chi connectivity index (χ1n) is 11.2. The van der Waals surface area contributed by atoms with Crippen molar-refractivity contribution in [1.82, 2.24) is 14.4 Å². The third kappa shape index (κ3) is 3.90. The maximum Gasteiger partial charge on any atom is 0.250 e. The molecule has 1 aromatic heterocycles. The number of amides is 2. The van der Waals surface area contributed by atoms with E-state index >= 15 is 0 Å². The molecule has 4 heterocycles. The van der Waals surface area contributed by atoms with Gasteiger partial charge in [0, 0.05) is 43.5 Å². The molecule has 2 atom stereocenters. The van der Waals surface area contributed by atoms with Gasteiger partial charge < -0.3 is 23.8 Å². The van der Waals surface area contributed by atoms with Crippen LogP contribution in [0.1, 0.15) is 29.2 Å². The Kier molecular flexibility index (Phi) is 5.44. The highest BCUT2D eigenvalue weighted by molar-refractivity contribution is 5.89. The van der Waals surface area contributed by atoms with Crippen molar-refractivity contribution in [2.45, 2.75) is 25.3 Å². The number of fused-ring (bicyclic) bond motifs is 5. The van der Waals surface area contributed by atoms with Crippen LogP contribution < -0.4 is 15.0 Å². The number of methoxy groups -OCH3 is 2. The molecule has 0 N–H and O–H groups in total. The summed E-state index contributed by atoms with van der Waals surface area (Å²) in [6.45, 7) is 1.81. The van der Waals surface area contributed by atoms with E-state index in [1.165, 1.54) is 4.90 Å². The van der Waals surface area contributed by atoms with Crippen molar-refractivity contribution in [3.63, 3.8) is 0 Å². The Balaban J connectivity index is 1.31. The minimum atomic E-state index is -0.139. The van der Waals surface area contributed by atoms with Crippen molar-refractivity contribution < 1.29 is 19.1 Å². The molecule has 1 saturated heterocycles. The molecule has 0 spiro atoms. The first-order chi connectivity index (χ1) is 16.0. The standard InChI is InChI=1S/C25H27N3O5/c1-32-21-9-17-6-7-26(24(30)11-18(17)10-22(21)33-2)15-25(31)27-12-16-8-19(14-27)20-4-3-5-23(29)28(20)13-16/h3-7,9-10,16,19H,8,11-15H2,1-2H3/t16-,19+/m0/s1. The second kappa shape index (κ2) is 8.42. The van der Waals surface area contributed by atoms with E-state index in [0.29, 0.717) is 31.1 Å². The Morgan fingerprint density at radius 3 is 2.64 bits per heavy atom. The molecule has 0 unspecified atom stereocenters. The summed E-state index contributed by atoms with van der Waals surface area (Å²) in [5, 5.41) is 0. The molecular formula is C25H27N3O5. The van der Waals surface area contributed by atoms with Crippen molar-refractivity contribution in [3.05, 3.63) is 63.7 Å². The molecule has 1 fully saturated rings. The highest BCUT2D eigenvalue weighted by Gasteiger charge is 2.36. The van der Waals surface area contributed by atoms with Gasteiger partial charge in [0.15, 0.2) is 11.5 Å². The molecule has 3 aliphatic heterocycles. The summed E-state index contributed by atoms with van der Waals surface area (Å²) >= 11 is 0. The number of piperidine rings is 1. The largest absolute Gasteiger partial charge is 0.493 e. The topological polar surface area (TPSA) is 81.1 Å². The number of nitrogens with zero attached hydrogens (tertiary/aromatic N) is 3. The molecule has 3 aliphatic rings. The van der Waals surface area contributed by atoms with Crippen molar-refractivity contribution in [3.8, 4) is 11.5 Å². The van der Waals surface area contributed by atoms with Gasteiger partial charge in [-0.25, -0.2) is 0 Å². The molecular weight excluding hydrogens is 422 g/mol. The monoisotopic (exact) mass is 449 g/mol. The molecule has 5 rings (SSSR count). The average Bonchev–Trinajstić information content (AvgIpc) is 2.96. The van der Waals surface area contributed by atoms with E-state index in [-0.39, 0.29) is 42.2 Å². The fraction of sp³-hybridized carbons (Fsp3) is 0.400. The molecule has 33 heavy (non-hydrogen) atoms. The Morgan fingerprint density at radius 1 is 1.06 bits per heavy atom. The quantitative estimate of drug-likeness (QED) is 0.712. The van der Waals surface area contributed by atoms with Gasteiger partial charge >= 0.3 is 0 Å². The lowest BCUT2D eigenvalue weighted by Gasteiger charge is -2.43. The molecule has 1 aromatic carbocycles. The van der Waals surface area contributed by atoms with Gasteiger partial charge in [-0.3, -0.25) is 14.4 Å². The van der Waals surface area contributed by atoms with Crippen LogP contribution in [0.25, 0.3) is 6.08 Å². The number of carbonyl (C=O) groups is 2. The first kappa shape index (κ1) is 21.3. The minimum absolute atomic E-state index is 0.00136. The van der Waals surface area contributed by atoms with Crippen LogP contribution >= 0.6 is 0 Å². The van der Waals surface area contributed by atoms with Crippen LogP contribution in [-0.2, 0) is 22.6 Å². The van der Waals surface area contributed by atoms with Crippen LogP contribution in [0.5, 0.6) is 11.5 Å². The number of hydrogen-bond acceptors (Lipinski definition) is 5. The predicted octanol–water partition coefficient (Wildman–Crippen LogP) is 1.87. The maximum absolute atomic E-state index is 13.2. The lowest BCUT2D eigenvalue weighted by molar-refractivity contribution is -0.139. The smallest absolute Gasteiger partial charge is 0.250 e. The number of carbonyl (C=O) groups excluding carboxylic acids is 2. The lowest BCUT2D eigenvalue weighted by atomic mass is 9.83. The Morgan fingerprint density at radius 2 is 1.85 bits per heavy atom. The summed E-state index contributed by atoms with van der Waals surface area (Å²) in [6, 6.07) is 9.02. The van der Waals surface area contributed by atoms with Crippen LogP contribution in [-0.4, -0.2) is 60.0 Å². The Bertz CT molecular complexity index is 1200. The highest BCUT2D eigenvalue weighted by atomic mass is 16.5. The number of ether oxygens (including phenoxy) is 2. The molecule has 8 nitrogen and oxygen atoms in total. The van der Waals surface area contributed by atoms with Crippen molar-refractivity contribution in [2.24, 2.45) is 5.92 Å². The maximum atomic E-state index is 13.2. The zero-order valence-corrected chi connectivity index (χ0v) is 18.8. The molecule has 2 amide bonds. The van der Waals surface area contributed by atoms with E-state index in [0.717, 1.165) is 23.2 Å². The summed E-state index contributed by atoms with van der Waals surface area (Å²) < 4.78 is 12.6. The first-order valence-corrected chi connectivity index (χ1v) is 11.2. The molecule has 2 bridgehead atoms. The molecule has 172 valence electrons. The lowest BCUT2D eigenvalue weighted by Crippen LogP contribution is -2.51. The van der Waals surface area contributed by atoms with Crippen LogP contribution in [0.15, 0.2) is 41.3 Å². The second-order valence-corrected chi connectivity index (χ2v) is 8.92. The van der Waals surface area contributed by atoms with E-state index in [1.807, 2.05) is 33.7 Å². The molecule has 0 aliphatic carbocycles. The van der Waals surface area contributed by atoms with Crippen molar-refractivity contribution in [2.75, 3.05) is 33.9 Å². The van der Waals surface area contributed by atoms with Crippen LogP contribution in [0.2, 0.25) is 0 Å². The summed E-state index contributed by atoms with van der Waals surface area (Å²) in [5.74, 6) is 1.35. The molecule has 0 saturated carbocycles. The van der Waals surface area contributed by atoms with Gasteiger partial charge in [0.2, 0.25) is 11.8 Å². The zero-order valence-electron chi connectivity index (χ0n) is 18.8. The Labute approximate surface area is 192 Å². The number of aromatic nitrogens is 1. The van der Waals surface area contributed by atoms with E-state index in [9.17, 15) is 14.4 Å². The van der Waals surface area contributed by atoms with Crippen LogP contribution in [0.4, 0.5) is 0 Å². The fourth-order valence-corrected chi connectivity index (χ4v) is 5.25. The molecule has 8 heteroatoms. The third-order valence-electron chi connectivity index (χ3n) is 6.88. The summed E-state index contributed by atoms with van der Waals surface area (Å²) in [6.07, 6.45) is 4.67. The zero-order chi connectivity index (χ0) is 23.1. The Hall–Kier alpha value is -3.55. The highest BCUT2D eigenvalue weighted by Crippen LogP contribution is 2.35. The van der Waals surface area contributed by atoms with Crippen molar-refractivity contribution in [1.29, 1.82) is 0 Å². The number of likely N-dealkylation sites (tertiary alicyclic amines) is 1. The normalized spacial score (nSPS) is 21.2. The third-order valence-corrected chi connectivity index (χ3v) is 6.88. The molecule has 0 radical (unpaired) electrons. The van der Waals surface area contributed by atoms with Gasteiger partial charge in [-0.2, -0.15) is 0 Å². The van der Waals surface area contributed by atoms with Crippen LogP contribution in [0, 0.1) is 5.92 Å². The number of hydrogen-bond donors (Lipinski definition) is 0. The number of rotatable bonds is 4. The van der Waals surface area contributed by atoms with Gasteiger partial charge in [-0.05, 0) is 47.7 Å². The number of benzene rings is 1. The SMILES string of the molecule is COc1cc2c(cc1OC)CC(=O)N(CC(=O)N1C[C@@H]3C[C@H](C1)c1cccc(=O)n1C3)C=C2. The summed E-state index contributed by atoms with van der Waals surface area (Å²) in [5.41, 5.74) is 2.72. The predicted molar refractivity (Wildman–Crippen MR) is 122 cm³/mol. The van der Waals surface area contributed by atoms with Gasteiger partial charge in [0.1, 0.15) is 6.54 Å². The summed E-state index contributed by atoms with van der Waals surface area (Å²) in [4.78, 5) is 41.7. The van der Waals surface area contributed by atoms with E-state index in [1.54, 1.807) is 32.6 Å². The number of pyridine rings is 1. The summed E-state index contributed by atoms with van der Waals surface area (Å²) in [7, 11) is 3.13. The van der Waals surface area contributed by atoms with Gasteiger partial charge in [0.05, 0.1) is 20.6 Å². The van der Waals surface area contributed by atoms with Crippen LogP contribution in [0.3, 0.4) is 0 Å². The van der Waals surface area contributed by atoms with E-state index in [2.05, 4.69) is 0 Å². The fourth-order valence-electron chi connectivity index (χ4n) is 5.25. The average molecular weight is 450 g/mol. The van der Waals surface area contributed by atoms with Gasteiger partial charge in [0.25, 0.3) is 5.56 Å². The minimum Gasteiger partial charge on any atom is -0.493 e. The van der Waals surface area contributed by atoms with Gasteiger partial charge in [-0.15, -0.1) is 0 Å². The van der Waals surface area contributed by atoms with Gasteiger partial charge in [-0.1, -0.05) is 6.07 Å².